The number of ether oxygens (including phenoxy) is 2. The molecule has 0 N–H and O–H groups in total. The second-order valence-electron chi connectivity index (χ2n) is 10.8. The van der Waals surface area contributed by atoms with Gasteiger partial charge in [-0.05, 0) is 77.2 Å². The molecule has 8 aromatic rings. The van der Waals surface area contributed by atoms with Gasteiger partial charge in [-0.15, -0.1) is 0 Å². The number of hydrogen-bond donors (Lipinski definition) is 0. The first kappa shape index (κ1) is 23.7. The molecule has 202 valence electrons. The van der Waals surface area contributed by atoms with Crippen molar-refractivity contribution in [2.24, 2.45) is 0 Å². The van der Waals surface area contributed by atoms with E-state index in [1.807, 2.05) is 54.6 Å². The monoisotopic (exact) mass is 554 g/mol. The third-order valence-corrected chi connectivity index (χ3v) is 8.42. The molecule has 2 aromatic heterocycles. The summed E-state index contributed by atoms with van der Waals surface area (Å²) in [5.74, 6) is 1.54. The van der Waals surface area contributed by atoms with E-state index in [-0.39, 0.29) is 6.79 Å². The smallest absolute Gasteiger partial charge is 0.230 e. The van der Waals surface area contributed by atoms with Crippen molar-refractivity contribution >= 4 is 49.4 Å². The van der Waals surface area contributed by atoms with Crippen LogP contribution >= 0.6 is 0 Å². The normalized spacial score (nSPS) is 12.4. The van der Waals surface area contributed by atoms with Crippen LogP contribution in [0.25, 0.3) is 76.5 Å². The van der Waals surface area contributed by atoms with Gasteiger partial charge in [0.05, 0.1) is 17.6 Å². The van der Waals surface area contributed by atoms with Crippen LogP contribution < -0.4 is 9.47 Å². The largest absolute Gasteiger partial charge is 0.457 e. The molecule has 0 amide bonds. The highest BCUT2D eigenvalue weighted by Crippen LogP contribution is 2.44. The maximum atomic E-state index is 7.50. The van der Waals surface area contributed by atoms with Gasteiger partial charge in [-0.2, -0.15) is 0 Å². The number of furan rings is 1. The lowest BCUT2D eigenvalue weighted by Gasteiger charge is -2.13. The molecule has 1 aliphatic heterocycles. The van der Waals surface area contributed by atoms with Gasteiger partial charge in [0.1, 0.15) is 22.7 Å². The summed E-state index contributed by atoms with van der Waals surface area (Å²) in [5.41, 5.74) is 9.58. The fourth-order valence-electron chi connectivity index (χ4n) is 6.41. The van der Waals surface area contributed by atoms with Gasteiger partial charge >= 0.3 is 0 Å². The summed E-state index contributed by atoms with van der Waals surface area (Å²) in [4.78, 5) is 3.65. The second-order valence-corrected chi connectivity index (χ2v) is 10.8. The van der Waals surface area contributed by atoms with Crippen LogP contribution in [0, 0.1) is 6.57 Å². The Morgan fingerprint density at radius 2 is 1.33 bits per heavy atom. The number of fused-ring (bicyclic) bond motifs is 9. The van der Waals surface area contributed by atoms with E-state index in [1.54, 1.807) is 0 Å². The van der Waals surface area contributed by atoms with Crippen molar-refractivity contribution in [2.45, 2.75) is 0 Å². The highest BCUT2D eigenvalue weighted by molar-refractivity contribution is 6.10. The van der Waals surface area contributed by atoms with E-state index in [9.17, 15) is 0 Å². The van der Waals surface area contributed by atoms with Gasteiger partial charge < -0.3 is 18.5 Å². The van der Waals surface area contributed by atoms with E-state index in [4.69, 9.17) is 20.5 Å². The lowest BCUT2D eigenvalue weighted by Crippen LogP contribution is -2.04. The summed E-state index contributed by atoms with van der Waals surface area (Å²) in [7, 11) is 0. The number of nitrogens with zero attached hydrogens (tertiary/aromatic N) is 2. The minimum absolute atomic E-state index is 0.120. The van der Waals surface area contributed by atoms with Gasteiger partial charge in [0.25, 0.3) is 0 Å². The van der Waals surface area contributed by atoms with Gasteiger partial charge in [-0.25, -0.2) is 4.85 Å². The molecular formula is C38H22N2O3. The number of benzene rings is 6. The molecule has 0 unspecified atom stereocenters. The SMILES string of the molecule is [C-]#[N+]c1ccc2c(c1)c1ccccc1n2-c1ccc2c(c1)OCOc1ccc(-c3ccc4c(c3)oc3ccccc34)cc1-2. The zero-order valence-electron chi connectivity index (χ0n) is 22.9. The quantitative estimate of drug-likeness (QED) is 0.200. The Bertz CT molecular complexity index is 2460. The van der Waals surface area contributed by atoms with Crippen LogP contribution in [-0.4, -0.2) is 11.4 Å². The fraction of sp³-hybridized carbons (Fsp3) is 0.0263. The van der Waals surface area contributed by atoms with Crippen LogP contribution in [0.5, 0.6) is 11.5 Å². The van der Waals surface area contributed by atoms with Crippen molar-refractivity contribution in [3.63, 3.8) is 0 Å². The number of rotatable bonds is 2. The summed E-state index contributed by atoms with van der Waals surface area (Å²) in [6.45, 7) is 7.62. The van der Waals surface area contributed by atoms with Crippen LogP contribution in [-0.2, 0) is 0 Å². The molecule has 0 bridgehead atoms. The van der Waals surface area contributed by atoms with Gasteiger partial charge in [0.15, 0.2) is 5.69 Å². The Morgan fingerprint density at radius 3 is 2.26 bits per heavy atom. The zero-order valence-corrected chi connectivity index (χ0v) is 22.9. The Labute approximate surface area is 246 Å². The Balaban J connectivity index is 1.18. The molecule has 9 rings (SSSR count). The van der Waals surface area contributed by atoms with E-state index < -0.39 is 0 Å². The molecule has 43 heavy (non-hydrogen) atoms. The highest BCUT2D eigenvalue weighted by atomic mass is 16.7. The Morgan fingerprint density at radius 1 is 0.558 bits per heavy atom. The van der Waals surface area contributed by atoms with Gasteiger partial charge in [-0.1, -0.05) is 54.6 Å². The van der Waals surface area contributed by atoms with Crippen molar-refractivity contribution in [3.8, 4) is 39.4 Å². The van der Waals surface area contributed by atoms with E-state index in [2.05, 4.69) is 76.1 Å². The fourth-order valence-corrected chi connectivity index (χ4v) is 6.41. The van der Waals surface area contributed by atoms with E-state index in [1.165, 1.54) is 0 Å². The molecule has 5 nitrogen and oxygen atoms in total. The van der Waals surface area contributed by atoms with E-state index in [0.29, 0.717) is 5.69 Å². The van der Waals surface area contributed by atoms with E-state index >= 15 is 0 Å². The summed E-state index contributed by atoms with van der Waals surface area (Å²) in [6.07, 6.45) is 0. The van der Waals surface area contributed by atoms with Crippen molar-refractivity contribution in [1.29, 1.82) is 0 Å². The molecule has 1 aliphatic rings. The summed E-state index contributed by atoms with van der Waals surface area (Å²) in [5, 5.41) is 4.40. The summed E-state index contributed by atoms with van der Waals surface area (Å²) >= 11 is 0. The number of para-hydroxylation sites is 2. The highest BCUT2D eigenvalue weighted by Gasteiger charge is 2.20. The third kappa shape index (κ3) is 3.57. The topological polar surface area (TPSA) is 40.9 Å². The van der Waals surface area contributed by atoms with Crippen molar-refractivity contribution in [3.05, 3.63) is 133 Å². The predicted octanol–water partition coefficient (Wildman–Crippen LogP) is 10.3. The van der Waals surface area contributed by atoms with E-state index in [0.717, 1.165) is 83.2 Å². The third-order valence-electron chi connectivity index (χ3n) is 8.42. The molecule has 6 aromatic carbocycles. The molecule has 5 heteroatoms. The zero-order chi connectivity index (χ0) is 28.5. The van der Waals surface area contributed by atoms with Gasteiger partial charge in [0.2, 0.25) is 6.79 Å². The molecule has 0 atom stereocenters. The molecule has 0 saturated heterocycles. The summed E-state index contributed by atoms with van der Waals surface area (Å²) < 4.78 is 20.6. The van der Waals surface area contributed by atoms with Crippen LogP contribution in [0.15, 0.2) is 126 Å². The van der Waals surface area contributed by atoms with Crippen molar-refractivity contribution in [1.82, 2.24) is 4.57 Å². The standard InChI is InChI=1S/C38H22N2O3/c1-39-25-12-16-34-31(20-25)27-6-2-4-8-33(27)40(34)26-13-15-30-32-18-23(11-17-35(32)41-22-42-37(30)21-26)24-10-14-29-28-7-3-5-9-36(28)43-38(29)19-24/h2-21H,22H2. The number of hydrogen-bond acceptors (Lipinski definition) is 3. The maximum Gasteiger partial charge on any atom is 0.230 e. The van der Waals surface area contributed by atoms with Crippen LogP contribution in [0.4, 0.5) is 5.69 Å². The molecule has 0 radical (unpaired) electrons. The van der Waals surface area contributed by atoms with Crippen LogP contribution in [0.3, 0.4) is 0 Å². The lowest BCUT2D eigenvalue weighted by atomic mass is 9.96. The van der Waals surface area contributed by atoms with Gasteiger partial charge in [0, 0.05) is 39.0 Å². The van der Waals surface area contributed by atoms with Gasteiger partial charge in [-0.3, -0.25) is 0 Å². The Hall–Kier alpha value is -5.99. The molecule has 0 aliphatic carbocycles. The minimum Gasteiger partial charge on any atom is -0.457 e. The van der Waals surface area contributed by atoms with Crippen LogP contribution in [0.1, 0.15) is 0 Å². The van der Waals surface area contributed by atoms with Crippen molar-refractivity contribution < 1.29 is 13.9 Å². The predicted molar refractivity (Wildman–Crippen MR) is 171 cm³/mol. The number of aromatic nitrogens is 1. The first-order chi connectivity index (χ1) is 21.2. The average Bonchev–Trinajstić information content (AvgIpc) is 3.53. The first-order valence-electron chi connectivity index (χ1n) is 14.1. The molecular weight excluding hydrogens is 532 g/mol. The molecule has 0 fully saturated rings. The Kier molecular flexibility index (Phi) is 4.96. The molecule has 3 heterocycles. The average molecular weight is 555 g/mol. The summed E-state index contributed by atoms with van der Waals surface area (Å²) in [6, 6.07) is 41.3. The molecule has 0 spiro atoms. The minimum atomic E-state index is 0.120. The molecule has 0 saturated carbocycles. The first-order valence-corrected chi connectivity index (χ1v) is 14.1. The second kappa shape index (κ2) is 9.01. The van der Waals surface area contributed by atoms with Crippen molar-refractivity contribution in [2.75, 3.05) is 6.79 Å². The maximum absolute atomic E-state index is 7.50. The van der Waals surface area contributed by atoms with Crippen LogP contribution in [0.2, 0.25) is 0 Å². The lowest BCUT2D eigenvalue weighted by molar-refractivity contribution is 0.125.